The second kappa shape index (κ2) is 8.14. The van der Waals surface area contributed by atoms with Gasteiger partial charge in [0, 0.05) is 26.7 Å². The summed E-state index contributed by atoms with van der Waals surface area (Å²) in [6.07, 6.45) is 0. The van der Waals surface area contributed by atoms with Gasteiger partial charge in [0.2, 0.25) is 0 Å². The smallest absolute Gasteiger partial charge is 0.0402 e. The van der Waals surface area contributed by atoms with Gasteiger partial charge >= 0.3 is 0 Å². The summed E-state index contributed by atoms with van der Waals surface area (Å²) in [6, 6.07) is 39.5. The molecule has 0 spiro atoms. The molecule has 29 heavy (non-hydrogen) atoms. The Balaban J connectivity index is 1.58. The van der Waals surface area contributed by atoms with Crippen molar-refractivity contribution < 1.29 is 0 Å². The van der Waals surface area contributed by atoms with Crippen molar-refractivity contribution in [2.24, 2.45) is 0 Å². The molecule has 0 atom stereocenters. The third kappa shape index (κ3) is 3.52. The van der Waals surface area contributed by atoms with E-state index < -0.39 is 0 Å². The highest BCUT2D eigenvalue weighted by atomic mass is 32.2. The van der Waals surface area contributed by atoms with Gasteiger partial charge in [0.25, 0.3) is 0 Å². The number of rotatable bonds is 6. The van der Waals surface area contributed by atoms with E-state index in [-0.39, 0.29) is 5.41 Å². The van der Waals surface area contributed by atoms with E-state index in [0.717, 1.165) is 11.5 Å². The Morgan fingerprint density at radius 3 is 1.28 bits per heavy atom. The largest absolute Gasteiger partial charge is 0.125 e. The highest BCUT2D eigenvalue weighted by Crippen LogP contribution is 2.52. The predicted molar refractivity (Wildman–Crippen MR) is 127 cm³/mol. The summed E-state index contributed by atoms with van der Waals surface area (Å²) in [4.78, 5) is 2.66. The van der Waals surface area contributed by atoms with Crippen molar-refractivity contribution in [1.82, 2.24) is 0 Å². The van der Waals surface area contributed by atoms with Crippen LogP contribution in [-0.2, 0) is 5.41 Å². The number of hydrogen-bond donors (Lipinski definition) is 0. The lowest BCUT2D eigenvalue weighted by Crippen LogP contribution is -2.31. The van der Waals surface area contributed by atoms with Crippen LogP contribution in [0.4, 0.5) is 0 Å². The molecule has 0 saturated carbocycles. The van der Waals surface area contributed by atoms with Crippen molar-refractivity contribution in [3.05, 3.63) is 120 Å². The zero-order chi connectivity index (χ0) is 19.5. The minimum absolute atomic E-state index is 0.00575. The molecular weight excluding hydrogens is 388 g/mol. The topological polar surface area (TPSA) is 0 Å². The Hall–Kier alpha value is -2.42. The molecule has 5 rings (SSSR count). The number of thioether (sulfide) groups is 2. The maximum atomic E-state index is 2.34. The van der Waals surface area contributed by atoms with Crippen LogP contribution in [0.15, 0.2) is 119 Å². The molecule has 0 radical (unpaired) electrons. The molecule has 4 aromatic carbocycles. The van der Waals surface area contributed by atoms with E-state index in [1.807, 2.05) is 23.5 Å². The zero-order valence-corrected chi connectivity index (χ0v) is 17.8. The Morgan fingerprint density at radius 1 is 0.448 bits per heavy atom. The third-order valence-corrected chi connectivity index (χ3v) is 8.12. The molecule has 0 amide bonds. The Labute approximate surface area is 181 Å². The maximum absolute atomic E-state index is 2.34. The molecule has 4 aromatic rings. The Kier molecular flexibility index (Phi) is 5.22. The molecule has 0 nitrogen and oxygen atoms in total. The van der Waals surface area contributed by atoms with Crippen molar-refractivity contribution in [3.63, 3.8) is 0 Å². The van der Waals surface area contributed by atoms with Crippen molar-refractivity contribution in [2.45, 2.75) is 15.2 Å². The highest BCUT2D eigenvalue weighted by molar-refractivity contribution is 8.00. The second-order valence-corrected chi connectivity index (χ2v) is 9.47. The van der Waals surface area contributed by atoms with Crippen LogP contribution >= 0.6 is 23.5 Å². The number of fused-ring (bicyclic) bond motifs is 3. The van der Waals surface area contributed by atoms with Crippen LogP contribution in [0.2, 0.25) is 0 Å². The molecule has 0 aromatic heterocycles. The van der Waals surface area contributed by atoms with E-state index >= 15 is 0 Å². The van der Waals surface area contributed by atoms with Crippen molar-refractivity contribution >= 4 is 23.5 Å². The van der Waals surface area contributed by atoms with Crippen molar-refractivity contribution in [2.75, 3.05) is 11.5 Å². The van der Waals surface area contributed by atoms with Crippen LogP contribution in [0.3, 0.4) is 0 Å². The molecule has 2 heteroatoms. The molecule has 0 unspecified atom stereocenters. The van der Waals surface area contributed by atoms with Crippen molar-refractivity contribution in [3.8, 4) is 11.1 Å². The van der Waals surface area contributed by atoms with Crippen LogP contribution in [-0.4, -0.2) is 11.5 Å². The minimum Gasteiger partial charge on any atom is -0.125 e. The van der Waals surface area contributed by atoms with Gasteiger partial charge in [-0.25, -0.2) is 0 Å². The first-order valence-corrected chi connectivity index (χ1v) is 11.9. The SMILES string of the molecule is c1ccc(SCC2(CSc3ccccc3)c3ccccc3-c3ccccc32)cc1. The first kappa shape index (κ1) is 18.6. The predicted octanol–water partition coefficient (Wildman–Crippen LogP) is 7.54. The summed E-state index contributed by atoms with van der Waals surface area (Å²) in [6.45, 7) is 0. The van der Waals surface area contributed by atoms with Crippen LogP contribution in [0, 0.1) is 0 Å². The minimum atomic E-state index is -0.00575. The maximum Gasteiger partial charge on any atom is 0.0402 e. The molecule has 0 bridgehead atoms. The van der Waals surface area contributed by atoms with Crippen LogP contribution in [0.1, 0.15) is 11.1 Å². The molecular formula is C27H22S2. The first-order valence-electron chi connectivity index (χ1n) is 9.92. The van der Waals surface area contributed by atoms with Crippen LogP contribution in [0.5, 0.6) is 0 Å². The lowest BCUT2D eigenvalue weighted by Gasteiger charge is -2.32. The van der Waals surface area contributed by atoms with Crippen LogP contribution in [0.25, 0.3) is 11.1 Å². The summed E-state index contributed by atoms with van der Waals surface area (Å²) in [5, 5.41) is 0. The van der Waals surface area contributed by atoms with E-state index in [1.165, 1.54) is 32.0 Å². The summed E-state index contributed by atoms with van der Waals surface area (Å²) in [7, 11) is 0. The lowest BCUT2D eigenvalue weighted by atomic mass is 9.82. The average Bonchev–Trinajstić information content (AvgIpc) is 3.08. The Morgan fingerprint density at radius 2 is 0.828 bits per heavy atom. The summed E-state index contributed by atoms with van der Waals surface area (Å²) in [5.41, 5.74) is 5.71. The quantitative estimate of drug-likeness (QED) is 0.301. The Bertz CT molecular complexity index is 1010. The fraction of sp³-hybridized carbons (Fsp3) is 0.111. The molecule has 0 aliphatic heterocycles. The van der Waals surface area contributed by atoms with Gasteiger partial charge in [-0.2, -0.15) is 0 Å². The van der Waals surface area contributed by atoms with E-state index in [4.69, 9.17) is 0 Å². The van der Waals surface area contributed by atoms with Gasteiger partial charge in [0.1, 0.15) is 0 Å². The van der Waals surface area contributed by atoms with E-state index in [2.05, 4.69) is 109 Å². The summed E-state index contributed by atoms with van der Waals surface area (Å²) in [5.74, 6) is 2.07. The molecule has 1 aliphatic carbocycles. The number of benzene rings is 4. The highest BCUT2D eigenvalue weighted by Gasteiger charge is 2.42. The van der Waals surface area contributed by atoms with Crippen molar-refractivity contribution in [1.29, 1.82) is 0 Å². The fourth-order valence-electron chi connectivity index (χ4n) is 4.21. The van der Waals surface area contributed by atoms with Gasteiger partial charge in [-0.05, 0) is 46.5 Å². The standard InChI is InChI=1S/C27H22S2/c1-3-11-21(12-4-1)28-19-27(20-29-22-13-5-2-6-14-22)25-17-9-7-15-23(25)24-16-8-10-18-26(24)27/h1-18H,19-20H2. The number of hydrogen-bond acceptors (Lipinski definition) is 2. The van der Waals surface area contributed by atoms with Gasteiger partial charge in [-0.1, -0.05) is 84.9 Å². The normalized spacial score (nSPS) is 13.7. The zero-order valence-electron chi connectivity index (χ0n) is 16.1. The lowest BCUT2D eigenvalue weighted by molar-refractivity contribution is 0.686. The van der Waals surface area contributed by atoms with E-state index in [0.29, 0.717) is 0 Å². The first-order chi connectivity index (χ1) is 14.4. The monoisotopic (exact) mass is 410 g/mol. The second-order valence-electron chi connectivity index (χ2n) is 7.38. The molecule has 0 fully saturated rings. The van der Waals surface area contributed by atoms with Gasteiger partial charge < -0.3 is 0 Å². The average molecular weight is 411 g/mol. The van der Waals surface area contributed by atoms with Gasteiger partial charge in [-0.15, -0.1) is 23.5 Å². The van der Waals surface area contributed by atoms with Crippen LogP contribution < -0.4 is 0 Å². The fourth-order valence-corrected chi connectivity index (χ4v) is 6.70. The van der Waals surface area contributed by atoms with Gasteiger partial charge in [-0.3, -0.25) is 0 Å². The molecule has 0 saturated heterocycles. The molecule has 0 heterocycles. The molecule has 0 N–H and O–H groups in total. The van der Waals surface area contributed by atoms with E-state index in [9.17, 15) is 0 Å². The molecule has 142 valence electrons. The van der Waals surface area contributed by atoms with Gasteiger partial charge in [0.15, 0.2) is 0 Å². The third-order valence-electron chi connectivity index (χ3n) is 5.63. The molecule has 1 aliphatic rings. The van der Waals surface area contributed by atoms with E-state index in [1.54, 1.807) is 0 Å². The van der Waals surface area contributed by atoms with Gasteiger partial charge in [0.05, 0.1) is 0 Å². The summed E-state index contributed by atoms with van der Waals surface area (Å²) < 4.78 is 0. The summed E-state index contributed by atoms with van der Waals surface area (Å²) >= 11 is 3.93.